The van der Waals surface area contributed by atoms with Gasteiger partial charge in [0.1, 0.15) is 0 Å². The zero-order chi connectivity index (χ0) is 12.0. The quantitative estimate of drug-likeness (QED) is 0.614. The van der Waals surface area contributed by atoms with Gasteiger partial charge in [-0.1, -0.05) is 39.5 Å². The molecule has 0 fully saturated rings. The summed E-state index contributed by atoms with van der Waals surface area (Å²) >= 11 is 0. The van der Waals surface area contributed by atoms with Crippen LogP contribution in [0.25, 0.3) is 0 Å². The van der Waals surface area contributed by atoms with Gasteiger partial charge in [-0.15, -0.1) is 0 Å². The molecule has 0 heterocycles. The molecule has 0 N–H and O–H groups in total. The molecule has 2 aromatic carbocycles. The molecule has 0 saturated heterocycles. The first-order valence-corrected chi connectivity index (χ1v) is 6.04. The molecule has 17 heavy (non-hydrogen) atoms. The van der Waals surface area contributed by atoms with E-state index in [2.05, 4.69) is 76.2 Å². The van der Waals surface area contributed by atoms with Gasteiger partial charge in [-0.05, 0) is 0 Å². The van der Waals surface area contributed by atoms with E-state index in [1.807, 2.05) is 0 Å². The predicted octanol–water partition coefficient (Wildman–Crippen LogP) is 5.06. The van der Waals surface area contributed by atoms with E-state index in [-0.39, 0.29) is 19.8 Å². The standard InChI is InChI=1S/2C8H11.Os/c2*1-7(2)8-5-3-4-6-8;/h2*3-7H,1-2H3;/q2*-1;+2. The van der Waals surface area contributed by atoms with Crippen molar-refractivity contribution < 1.29 is 19.8 Å². The van der Waals surface area contributed by atoms with E-state index in [0.29, 0.717) is 11.8 Å². The van der Waals surface area contributed by atoms with Crippen molar-refractivity contribution in [2.24, 2.45) is 0 Å². The molecule has 2 aromatic rings. The van der Waals surface area contributed by atoms with E-state index in [1.165, 1.54) is 11.1 Å². The number of hydrogen-bond donors (Lipinski definition) is 0. The van der Waals surface area contributed by atoms with Crippen LogP contribution >= 0.6 is 0 Å². The van der Waals surface area contributed by atoms with Gasteiger partial charge in [-0.2, -0.15) is 35.4 Å². The normalized spacial score (nSPS) is 9.76. The molecule has 0 aliphatic rings. The van der Waals surface area contributed by atoms with Crippen LogP contribution < -0.4 is 0 Å². The molecule has 94 valence electrons. The summed E-state index contributed by atoms with van der Waals surface area (Å²) in [4.78, 5) is 0. The molecule has 0 atom stereocenters. The summed E-state index contributed by atoms with van der Waals surface area (Å²) in [6.45, 7) is 8.81. The van der Waals surface area contributed by atoms with Gasteiger partial charge in [0.15, 0.2) is 0 Å². The smallest absolute Gasteiger partial charge is 0.213 e. The fourth-order valence-corrected chi connectivity index (χ4v) is 1.55. The Morgan fingerprint density at radius 2 is 0.824 bits per heavy atom. The van der Waals surface area contributed by atoms with Crippen molar-refractivity contribution in [1.29, 1.82) is 0 Å². The summed E-state index contributed by atoms with van der Waals surface area (Å²) in [5.41, 5.74) is 2.87. The van der Waals surface area contributed by atoms with E-state index in [9.17, 15) is 0 Å². The Morgan fingerprint density at radius 1 is 0.588 bits per heavy atom. The molecule has 2 rings (SSSR count). The fraction of sp³-hybridized carbons (Fsp3) is 0.375. The second-order valence-electron chi connectivity index (χ2n) is 4.75. The number of hydrogen-bond acceptors (Lipinski definition) is 0. The Morgan fingerprint density at radius 3 is 0.941 bits per heavy atom. The summed E-state index contributed by atoms with van der Waals surface area (Å²) in [7, 11) is 0. The van der Waals surface area contributed by atoms with E-state index < -0.39 is 0 Å². The summed E-state index contributed by atoms with van der Waals surface area (Å²) in [6.07, 6.45) is 0. The largest absolute Gasteiger partial charge is 2.00 e. The average Bonchev–Trinajstić information content (AvgIpc) is 2.93. The maximum absolute atomic E-state index is 2.20. The Hall–Kier alpha value is -0.664. The molecule has 0 spiro atoms. The molecule has 0 bridgehead atoms. The minimum atomic E-state index is 0. The van der Waals surface area contributed by atoms with Crippen molar-refractivity contribution >= 4 is 0 Å². The van der Waals surface area contributed by atoms with Gasteiger partial charge in [0.25, 0.3) is 0 Å². The summed E-state index contributed by atoms with van der Waals surface area (Å²) in [5, 5.41) is 0. The zero-order valence-corrected chi connectivity index (χ0v) is 13.7. The van der Waals surface area contributed by atoms with Gasteiger partial charge in [0.2, 0.25) is 0 Å². The van der Waals surface area contributed by atoms with Crippen LogP contribution in [0, 0.1) is 0 Å². The van der Waals surface area contributed by atoms with Crippen LogP contribution in [0.1, 0.15) is 50.7 Å². The SMILES string of the molecule is CC(C)[c-]1cccc1.CC(C)[c-]1cccc1.[Os+2]. The summed E-state index contributed by atoms with van der Waals surface area (Å²) in [6, 6.07) is 16.9. The molecule has 0 aliphatic carbocycles. The minimum Gasteiger partial charge on any atom is -0.213 e. The first-order valence-electron chi connectivity index (χ1n) is 6.04. The summed E-state index contributed by atoms with van der Waals surface area (Å²) < 4.78 is 0. The van der Waals surface area contributed by atoms with Gasteiger partial charge in [0.05, 0.1) is 0 Å². The predicted molar refractivity (Wildman–Crippen MR) is 72.2 cm³/mol. The molecule has 0 nitrogen and oxygen atoms in total. The van der Waals surface area contributed by atoms with Crippen molar-refractivity contribution in [3.05, 3.63) is 59.7 Å². The van der Waals surface area contributed by atoms with E-state index >= 15 is 0 Å². The molecule has 0 amide bonds. The van der Waals surface area contributed by atoms with Gasteiger partial charge in [0, 0.05) is 0 Å². The Balaban J connectivity index is 0.000000284. The van der Waals surface area contributed by atoms with Crippen LogP contribution in [0.5, 0.6) is 0 Å². The topological polar surface area (TPSA) is 0 Å². The van der Waals surface area contributed by atoms with Crippen LogP contribution in [-0.2, 0) is 19.8 Å². The van der Waals surface area contributed by atoms with Crippen molar-refractivity contribution in [2.75, 3.05) is 0 Å². The average molecular weight is 405 g/mol. The van der Waals surface area contributed by atoms with Crippen LogP contribution in [0.4, 0.5) is 0 Å². The van der Waals surface area contributed by atoms with Crippen LogP contribution in [0.2, 0.25) is 0 Å². The third-order valence-electron chi connectivity index (χ3n) is 2.71. The molecule has 0 aromatic heterocycles. The van der Waals surface area contributed by atoms with Gasteiger partial charge >= 0.3 is 19.8 Å². The Kier molecular flexibility index (Phi) is 8.10. The first kappa shape index (κ1) is 16.3. The maximum atomic E-state index is 2.20. The van der Waals surface area contributed by atoms with Gasteiger partial charge in [-0.3, -0.25) is 0 Å². The van der Waals surface area contributed by atoms with Crippen LogP contribution in [0.3, 0.4) is 0 Å². The first-order chi connectivity index (χ1) is 7.61. The van der Waals surface area contributed by atoms with Crippen molar-refractivity contribution in [3.8, 4) is 0 Å². The van der Waals surface area contributed by atoms with Crippen LogP contribution in [-0.4, -0.2) is 0 Å². The molecule has 0 aliphatic heterocycles. The van der Waals surface area contributed by atoms with E-state index in [4.69, 9.17) is 0 Å². The molecule has 0 unspecified atom stereocenters. The summed E-state index contributed by atoms with van der Waals surface area (Å²) in [5.74, 6) is 1.37. The molecule has 1 heteroatoms. The third kappa shape index (κ3) is 5.99. The van der Waals surface area contributed by atoms with Gasteiger partial charge in [-0.25, -0.2) is 24.3 Å². The second kappa shape index (κ2) is 8.43. The number of rotatable bonds is 2. The molecule has 0 saturated carbocycles. The molecule has 0 radical (unpaired) electrons. The van der Waals surface area contributed by atoms with Gasteiger partial charge < -0.3 is 0 Å². The van der Waals surface area contributed by atoms with Crippen molar-refractivity contribution in [3.63, 3.8) is 0 Å². The zero-order valence-electron chi connectivity index (χ0n) is 11.1. The van der Waals surface area contributed by atoms with E-state index in [1.54, 1.807) is 0 Å². The molecular weight excluding hydrogens is 382 g/mol. The van der Waals surface area contributed by atoms with Crippen molar-refractivity contribution in [1.82, 2.24) is 0 Å². The minimum absolute atomic E-state index is 0. The third-order valence-corrected chi connectivity index (χ3v) is 2.71. The molecular formula is C16H22Os. The fourth-order valence-electron chi connectivity index (χ4n) is 1.55. The van der Waals surface area contributed by atoms with Crippen molar-refractivity contribution in [2.45, 2.75) is 39.5 Å². The Bertz CT molecular complexity index is 314. The second-order valence-corrected chi connectivity index (χ2v) is 4.75. The monoisotopic (exact) mass is 406 g/mol. The van der Waals surface area contributed by atoms with Crippen LogP contribution in [0.15, 0.2) is 48.5 Å². The Labute approximate surface area is 119 Å². The maximum Gasteiger partial charge on any atom is 2.00 e. The van der Waals surface area contributed by atoms with E-state index in [0.717, 1.165) is 0 Å².